The summed E-state index contributed by atoms with van der Waals surface area (Å²) < 4.78 is 41.9. The van der Waals surface area contributed by atoms with E-state index in [1.54, 1.807) is 6.07 Å². The van der Waals surface area contributed by atoms with Gasteiger partial charge in [0.2, 0.25) is 0 Å². The molecule has 0 spiro atoms. The van der Waals surface area contributed by atoms with Gasteiger partial charge in [0.25, 0.3) is 0 Å². The second kappa shape index (κ2) is 17.6. The van der Waals surface area contributed by atoms with Crippen molar-refractivity contribution in [3.8, 4) is 28.3 Å². The van der Waals surface area contributed by atoms with Crippen LogP contribution in [0.15, 0.2) is 144 Å². The van der Waals surface area contributed by atoms with Gasteiger partial charge in [0, 0.05) is 42.9 Å². The molecule has 0 aliphatic heterocycles. The molecule has 0 aliphatic carbocycles. The number of hydrogen-bond acceptors (Lipinski definition) is 3. The van der Waals surface area contributed by atoms with Crippen LogP contribution in [0.5, 0.6) is 0 Å². The Morgan fingerprint density at radius 3 is 2.16 bits per heavy atom. The molecule has 3 aromatic heterocycles. The fraction of sp³-hybridized carbons (Fsp3) is 0.214. The Morgan fingerprint density at radius 2 is 1.43 bits per heavy atom. The molecule has 3 heterocycles. The summed E-state index contributed by atoms with van der Waals surface area (Å²) in [6.45, 7) is 10.5. The van der Waals surface area contributed by atoms with E-state index in [0.29, 0.717) is 47.1 Å². The summed E-state index contributed by atoms with van der Waals surface area (Å²) in [5, 5.41) is 6.60. The van der Waals surface area contributed by atoms with Crippen LogP contribution >= 0.6 is 0 Å². The quantitative estimate of drug-likeness (QED) is 0.113. The number of imidazole rings is 1. The van der Waals surface area contributed by atoms with Gasteiger partial charge in [-0.1, -0.05) is 125 Å². The minimum absolute atomic E-state index is 0. The predicted molar refractivity (Wildman–Crippen MR) is 252 cm³/mol. The van der Waals surface area contributed by atoms with Crippen molar-refractivity contribution >= 4 is 54.5 Å². The van der Waals surface area contributed by atoms with Gasteiger partial charge >= 0.3 is 0 Å². The number of pyridine rings is 1. The first-order chi connectivity index (χ1) is 30.8. The van der Waals surface area contributed by atoms with E-state index in [4.69, 9.17) is 14.9 Å². The molecule has 0 saturated heterocycles. The number of furan rings is 1. The molecule has 0 unspecified atom stereocenters. The minimum atomic E-state index is -2.35. The zero-order chi connectivity index (χ0) is 44.9. The zero-order valence-corrected chi connectivity index (χ0v) is 37.8. The number of aryl methyl sites for hydroxylation is 1. The average Bonchev–Trinajstić information content (AvgIpc) is 3.88. The van der Waals surface area contributed by atoms with Gasteiger partial charge in [-0.2, -0.15) is 0 Å². The van der Waals surface area contributed by atoms with E-state index in [9.17, 15) is 0 Å². The van der Waals surface area contributed by atoms with Gasteiger partial charge in [-0.25, -0.2) is 0 Å². The van der Waals surface area contributed by atoms with Crippen LogP contribution in [0, 0.1) is 19.0 Å². The number of fused-ring (bicyclic) bond motifs is 7. The largest absolute Gasteiger partial charge is 0.501 e. The molecule has 0 N–H and O–H groups in total. The number of rotatable bonds is 8. The normalized spacial score (nSPS) is 13.0. The Morgan fingerprint density at radius 1 is 0.689 bits per heavy atom. The van der Waals surface area contributed by atoms with Crippen LogP contribution in [-0.2, 0) is 20.1 Å². The molecule has 10 aromatic rings. The molecule has 0 amide bonds. The van der Waals surface area contributed by atoms with Gasteiger partial charge in [-0.3, -0.25) is 4.98 Å². The first kappa shape index (κ1) is 36.9. The second-order valence-electron chi connectivity index (χ2n) is 16.1. The van der Waals surface area contributed by atoms with E-state index in [-0.39, 0.29) is 25.7 Å². The maximum absolute atomic E-state index is 9.03. The SMILES string of the molecule is CC(C)c1cccc(C(C)C)c1-n1c(-c2[c-]cccc2)nc2ccccc21.[2H]C([2H])([2H])c1cnc(-c2[c-]ccc3c2oc2cc4ccc5ccccc5c4cc23)cc1C([2H])(CC)CC.[Ir]. The molecule has 0 aliphatic rings. The van der Waals surface area contributed by atoms with Crippen molar-refractivity contribution in [2.75, 3.05) is 0 Å². The zero-order valence-electron chi connectivity index (χ0n) is 39.4. The van der Waals surface area contributed by atoms with Crippen molar-refractivity contribution in [2.24, 2.45) is 0 Å². The van der Waals surface area contributed by atoms with E-state index in [2.05, 4.69) is 140 Å². The monoisotopic (exact) mass is 978 g/mol. The Bertz CT molecular complexity index is 3300. The van der Waals surface area contributed by atoms with Crippen molar-refractivity contribution in [1.29, 1.82) is 0 Å². The van der Waals surface area contributed by atoms with E-state index in [1.165, 1.54) is 33.8 Å². The van der Waals surface area contributed by atoms with Crippen molar-refractivity contribution in [3.05, 3.63) is 174 Å². The fourth-order valence-corrected chi connectivity index (χ4v) is 8.68. The van der Waals surface area contributed by atoms with Gasteiger partial charge in [0.1, 0.15) is 5.58 Å². The number of benzene rings is 7. The molecule has 0 fully saturated rings. The van der Waals surface area contributed by atoms with E-state index >= 15 is 0 Å². The molecule has 307 valence electrons. The van der Waals surface area contributed by atoms with Crippen LogP contribution in [0.2, 0.25) is 0 Å². The molecular weight excluding hydrogens is 923 g/mol. The molecule has 0 atom stereocenters. The maximum Gasteiger partial charge on any atom is 0.121 e. The summed E-state index contributed by atoms with van der Waals surface area (Å²) in [6, 6.07) is 52.2. The molecular formula is C56H51IrN3O-2. The van der Waals surface area contributed by atoms with Crippen molar-refractivity contribution in [3.63, 3.8) is 0 Å². The molecule has 61 heavy (non-hydrogen) atoms. The predicted octanol–water partition coefficient (Wildman–Crippen LogP) is 15.7. The summed E-state index contributed by atoms with van der Waals surface area (Å²) in [6.07, 6.45) is 2.40. The van der Waals surface area contributed by atoms with Crippen LogP contribution in [-0.4, -0.2) is 14.5 Å². The summed E-state index contributed by atoms with van der Waals surface area (Å²) in [7, 11) is 0. The van der Waals surface area contributed by atoms with Crippen molar-refractivity contribution < 1.29 is 30.0 Å². The molecule has 1 radical (unpaired) electrons. The third-order valence-electron chi connectivity index (χ3n) is 11.8. The van der Waals surface area contributed by atoms with Gasteiger partial charge in [-0.05, 0) is 111 Å². The molecule has 7 aromatic carbocycles. The fourth-order valence-electron chi connectivity index (χ4n) is 8.68. The topological polar surface area (TPSA) is 43.9 Å². The number of hydrogen-bond donors (Lipinski definition) is 0. The second-order valence-corrected chi connectivity index (χ2v) is 16.1. The Kier molecular flexibility index (Phi) is 10.7. The van der Waals surface area contributed by atoms with Gasteiger partial charge < -0.3 is 14.0 Å². The molecule has 0 saturated carbocycles. The van der Waals surface area contributed by atoms with Crippen LogP contribution in [0.3, 0.4) is 0 Å². The first-order valence-electron chi connectivity index (χ1n) is 23.1. The molecule has 10 rings (SSSR count). The van der Waals surface area contributed by atoms with Crippen molar-refractivity contribution in [2.45, 2.75) is 79.0 Å². The number of aromatic nitrogens is 3. The summed E-state index contributed by atoms with van der Waals surface area (Å²) >= 11 is 0. The Labute approximate surface area is 378 Å². The van der Waals surface area contributed by atoms with Crippen LogP contribution in [0.1, 0.15) is 99.9 Å². The van der Waals surface area contributed by atoms with Crippen LogP contribution in [0.4, 0.5) is 0 Å². The van der Waals surface area contributed by atoms with E-state index in [1.807, 2.05) is 50.2 Å². The van der Waals surface area contributed by atoms with Gasteiger partial charge in [-0.15, -0.1) is 54.1 Å². The Hall–Kier alpha value is -5.87. The summed E-state index contributed by atoms with van der Waals surface area (Å²) in [5.74, 6) is 0.772. The van der Waals surface area contributed by atoms with Gasteiger partial charge in [0.05, 0.1) is 22.4 Å². The Balaban J connectivity index is 0.000000183. The third kappa shape index (κ3) is 7.71. The average molecular weight is 978 g/mol. The molecule has 0 bridgehead atoms. The van der Waals surface area contributed by atoms with Gasteiger partial charge in [0.15, 0.2) is 0 Å². The van der Waals surface area contributed by atoms with Crippen LogP contribution in [0.25, 0.3) is 82.8 Å². The number of para-hydroxylation sites is 3. The van der Waals surface area contributed by atoms with Crippen LogP contribution < -0.4 is 0 Å². The molecule has 4 nitrogen and oxygen atoms in total. The minimum Gasteiger partial charge on any atom is -0.501 e. The van der Waals surface area contributed by atoms with E-state index in [0.717, 1.165) is 49.5 Å². The standard InChI is InChI=1S/C31H26NO.C25H25N2.Ir/c1-4-20(5-2)26-17-29(32-18-19(26)3)25-12-8-11-24-28-16-27-22(15-30(28)33-31(24)25)14-13-21-9-6-7-10-23(21)27;1-17(2)20-13-10-14-21(18(3)4)24(20)27-23-16-9-8-15-22(23)26-25(27)19-11-6-5-7-12-19;/h6-11,13-18,20H,4-5H2,1-3H3;5-11,13-18H,1-4H3;/q2*-1;/i3D3,20D;;. The number of nitrogens with zero attached hydrogens (tertiary/aromatic N) is 3. The first-order valence-corrected chi connectivity index (χ1v) is 21.1. The smallest absolute Gasteiger partial charge is 0.121 e. The summed E-state index contributed by atoms with van der Waals surface area (Å²) in [5.41, 5.74) is 10.4. The van der Waals surface area contributed by atoms with E-state index < -0.39 is 12.7 Å². The summed E-state index contributed by atoms with van der Waals surface area (Å²) in [4.78, 5) is 9.53. The molecule has 5 heteroatoms. The van der Waals surface area contributed by atoms with Crippen molar-refractivity contribution in [1.82, 2.24) is 14.5 Å². The third-order valence-corrected chi connectivity index (χ3v) is 11.8. The maximum atomic E-state index is 9.03.